The highest BCUT2D eigenvalue weighted by molar-refractivity contribution is 5.97. The number of hydrogen-bond donors (Lipinski definition) is 3. The highest BCUT2D eigenvalue weighted by Gasteiger charge is 2.12. The number of fused-ring (bicyclic) bond motifs is 1. The van der Waals surface area contributed by atoms with Crippen molar-refractivity contribution in [3.05, 3.63) is 48.0 Å². The summed E-state index contributed by atoms with van der Waals surface area (Å²) in [6.07, 6.45) is 0.937. The maximum atomic E-state index is 11.6. The van der Waals surface area contributed by atoms with Gasteiger partial charge in [0.15, 0.2) is 0 Å². The predicted octanol–water partition coefficient (Wildman–Crippen LogP) is 2.62. The number of carbonyl (C=O) groups excluding carboxylic acids is 1. The summed E-state index contributed by atoms with van der Waals surface area (Å²) in [6, 6.07) is 12.9. The molecule has 2 aromatic carbocycles. The molecular formula is C17H18N4O2. The van der Waals surface area contributed by atoms with Gasteiger partial charge in [-0.15, -0.1) is 0 Å². The van der Waals surface area contributed by atoms with E-state index >= 15 is 0 Å². The first-order valence-electron chi connectivity index (χ1n) is 7.46. The number of nitrogens with one attached hydrogen (secondary N) is 2. The highest BCUT2D eigenvalue weighted by Crippen LogP contribution is 2.29. The Hall–Kier alpha value is -2.86. The number of aromatic nitrogens is 2. The lowest BCUT2D eigenvalue weighted by atomic mass is 10.2. The fourth-order valence-electron chi connectivity index (χ4n) is 2.36. The van der Waals surface area contributed by atoms with Crippen LogP contribution in [0.3, 0.4) is 0 Å². The SMILES string of the molecule is CCCOc1ccccc1-c1nc2ccc(C(=O)NN)cc2[nH]1. The van der Waals surface area contributed by atoms with Gasteiger partial charge in [-0.3, -0.25) is 10.2 Å². The first kappa shape index (κ1) is 15.1. The van der Waals surface area contributed by atoms with Crippen LogP contribution in [0.2, 0.25) is 0 Å². The van der Waals surface area contributed by atoms with Crippen molar-refractivity contribution in [2.24, 2.45) is 5.84 Å². The molecule has 0 atom stereocenters. The van der Waals surface area contributed by atoms with Gasteiger partial charge in [0.1, 0.15) is 11.6 Å². The minimum atomic E-state index is -0.338. The van der Waals surface area contributed by atoms with Crippen molar-refractivity contribution in [2.45, 2.75) is 13.3 Å². The number of hydrogen-bond acceptors (Lipinski definition) is 4. The van der Waals surface area contributed by atoms with E-state index in [2.05, 4.69) is 22.3 Å². The van der Waals surface area contributed by atoms with Gasteiger partial charge in [-0.05, 0) is 36.8 Å². The molecule has 0 aliphatic rings. The van der Waals surface area contributed by atoms with Gasteiger partial charge in [0.2, 0.25) is 0 Å². The molecule has 6 heteroatoms. The van der Waals surface area contributed by atoms with Crippen LogP contribution < -0.4 is 16.0 Å². The second kappa shape index (κ2) is 6.50. The third kappa shape index (κ3) is 3.02. The number of amides is 1. The Morgan fingerprint density at radius 1 is 1.30 bits per heavy atom. The largest absolute Gasteiger partial charge is 0.493 e. The van der Waals surface area contributed by atoms with Gasteiger partial charge in [-0.1, -0.05) is 19.1 Å². The van der Waals surface area contributed by atoms with Crippen LogP contribution in [0.25, 0.3) is 22.4 Å². The van der Waals surface area contributed by atoms with Crippen LogP contribution in [0.15, 0.2) is 42.5 Å². The molecular weight excluding hydrogens is 292 g/mol. The van der Waals surface area contributed by atoms with Crippen molar-refractivity contribution >= 4 is 16.9 Å². The molecule has 3 rings (SSSR count). The van der Waals surface area contributed by atoms with Crippen LogP contribution in [0, 0.1) is 0 Å². The highest BCUT2D eigenvalue weighted by atomic mass is 16.5. The summed E-state index contributed by atoms with van der Waals surface area (Å²) in [7, 11) is 0. The Balaban J connectivity index is 2.02. The number of benzene rings is 2. The molecule has 0 fully saturated rings. The summed E-state index contributed by atoms with van der Waals surface area (Å²) in [4.78, 5) is 19.4. The third-order valence-electron chi connectivity index (χ3n) is 3.48. The number of rotatable bonds is 5. The summed E-state index contributed by atoms with van der Waals surface area (Å²) in [5, 5.41) is 0. The van der Waals surface area contributed by atoms with Crippen LogP contribution >= 0.6 is 0 Å². The lowest BCUT2D eigenvalue weighted by molar-refractivity contribution is 0.0954. The number of aromatic amines is 1. The van der Waals surface area contributed by atoms with Gasteiger partial charge in [0, 0.05) is 5.56 Å². The minimum absolute atomic E-state index is 0.338. The van der Waals surface area contributed by atoms with Gasteiger partial charge in [-0.2, -0.15) is 0 Å². The zero-order valence-corrected chi connectivity index (χ0v) is 12.8. The topological polar surface area (TPSA) is 93.0 Å². The maximum Gasteiger partial charge on any atom is 0.265 e. The summed E-state index contributed by atoms with van der Waals surface area (Å²) in [6.45, 7) is 2.71. The predicted molar refractivity (Wildman–Crippen MR) is 89.0 cm³/mol. The first-order chi connectivity index (χ1) is 11.2. The van der Waals surface area contributed by atoms with E-state index in [0.717, 1.165) is 28.8 Å². The number of nitrogens with zero attached hydrogens (tertiary/aromatic N) is 1. The Morgan fingerprint density at radius 3 is 2.91 bits per heavy atom. The van der Waals surface area contributed by atoms with E-state index in [0.29, 0.717) is 18.0 Å². The van der Waals surface area contributed by atoms with E-state index in [1.807, 2.05) is 24.3 Å². The first-order valence-corrected chi connectivity index (χ1v) is 7.46. The number of nitrogens with two attached hydrogens (primary N) is 1. The van der Waals surface area contributed by atoms with E-state index in [1.165, 1.54) is 0 Å². The smallest absolute Gasteiger partial charge is 0.265 e. The van der Waals surface area contributed by atoms with E-state index in [-0.39, 0.29) is 5.91 Å². The van der Waals surface area contributed by atoms with Crippen LogP contribution in [0.4, 0.5) is 0 Å². The third-order valence-corrected chi connectivity index (χ3v) is 3.48. The number of nitrogen functional groups attached to an aromatic ring is 1. The molecule has 3 aromatic rings. The zero-order chi connectivity index (χ0) is 16.2. The molecule has 1 aromatic heterocycles. The molecule has 6 nitrogen and oxygen atoms in total. The summed E-state index contributed by atoms with van der Waals surface area (Å²) in [5.41, 5.74) is 5.04. The molecule has 0 unspecified atom stereocenters. The minimum Gasteiger partial charge on any atom is -0.493 e. The van der Waals surface area contributed by atoms with Gasteiger partial charge in [0.25, 0.3) is 5.91 Å². The van der Waals surface area contributed by atoms with E-state index in [1.54, 1.807) is 18.2 Å². The fourth-order valence-corrected chi connectivity index (χ4v) is 2.36. The monoisotopic (exact) mass is 310 g/mol. The number of H-pyrrole nitrogens is 1. The van der Waals surface area contributed by atoms with Crippen molar-refractivity contribution < 1.29 is 9.53 Å². The van der Waals surface area contributed by atoms with E-state index in [9.17, 15) is 4.79 Å². The maximum absolute atomic E-state index is 11.6. The lowest BCUT2D eigenvalue weighted by Crippen LogP contribution is -2.29. The normalized spacial score (nSPS) is 10.7. The van der Waals surface area contributed by atoms with Crippen molar-refractivity contribution in [3.8, 4) is 17.1 Å². The molecule has 0 saturated carbocycles. The van der Waals surface area contributed by atoms with E-state index < -0.39 is 0 Å². The lowest BCUT2D eigenvalue weighted by Gasteiger charge is -2.08. The second-order valence-electron chi connectivity index (χ2n) is 5.14. The Bertz CT molecular complexity index is 841. The molecule has 0 radical (unpaired) electrons. The standard InChI is InChI=1S/C17H18N4O2/c1-2-9-23-15-6-4-3-5-12(15)16-19-13-8-7-11(17(22)21-18)10-14(13)20-16/h3-8,10H,2,9,18H2,1H3,(H,19,20)(H,21,22). The van der Waals surface area contributed by atoms with Crippen molar-refractivity contribution in [2.75, 3.05) is 6.61 Å². The molecule has 0 spiro atoms. The number of imidazole rings is 1. The molecule has 23 heavy (non-hydrogen) atoms. The van der Waals surface area contributed by atoms with Gasteiger partial charge in [-0.25, -0.2) is 10.8 Å². The molecule has 0 aliphatic carbocycles. The Kier molecular flexibility index (Phi) is 4.25. The summed E-state index contributed by atoms with van der Waals surface area (Å²) < 4.78 is 5.78. The van der Waals surface area contributed by atoms with Crippen LogP contribution in [0.1, 0.15) is 23.7 Å². The van der Waals surface area contributed by atoms with Crippen molar-refractivity contribution in [1.29, 1.82) is 0 Å². The molecule has 0 bridgehead atoms. The number of para-hydroxylation sites is 1. The molecule has 1 amide bonds. The van der Waals surface area contributed by atoms with Crippen molar-refractivity contribution in [3.63, 3.8) is 0 Å². The van der Waals surface area contributed by atoms with Gasteiger partial charge >= 0.3 is 0 Å². The van der Waals surface area contributed by atoms with Gasteiger partial charge in [0.05, 0.1) is 23.2 Å². The molecule has 0 aliphatic heterocycles. The van der Waals surface area contributed by atoms with Crippen molar-refractivity contribution in [1.82, 2.24) is 15.4 Å². The average Bonchev–Trinajstić information content (AvgIpc) is 3.02. The summed E-state index contributed by atoms with van der Waals surface area (Å²) >= 11 is 0. The Morgan fingerprint density at radius 2 is 2.13 bits per heavy atom. The van der Waals surface area contributed by atoms with Crippen LogP contribution in [0.5, 0.6) is 5.75 Å². The molecule has 118 valence electrons. The van der Waals surface area contributed by atoms with Crippen LogP contribution in [-0.2, 0) is 0 Å². The molecule has 1 heterocycles. The Labute approximate surface area is 133 Å². The number of hydrazine groups is 1. The molecule has 4 N–H and O–H groups in total. The van der Waals surface area contributed by atoms with Crippen LogP contribution in [-0.4, -0.2) is 22.5 Å². The zero-order valence-electron chi connectivity index (χ0n) is 12.8. The second-order valence-corrected chi connectivity index (χ2v) is 5.14. The molecule has 0 saturated heterocycles. The quantitative estimate of drug-likeness (QED) is 0.384. The fraction of sp³-hybridized carbons (Fsp3) is 0.176. The summed E-state index contributed by atoms with van der Waals surface area (Å²) in [5.74, 6) is 6.32. The number of ether oxygens (including phenoxy) is 1. The average molecular weight is 310 g/mol. The van der Waals surface area contributed by atoms with Gasteiger partial charge < -0.3 is 9.72 Å². The number of carbonyl (C=O) groups is 1. The van der Waals surface area contributed by atoms with E-state index in [4.69, 9.17) is 10.6 Å².